The second-order valence-electron chi connectivity index (χ2n) is 5.58. The molecule has 0 radical (unpaired) electrons. The van der Waals surface area contributed by atoms with Crippen LogP contribution in [0.2, 0.25) is 0 Å². The number of fused-ring (bicyclic) bond motifs is 1. The fraction of sp³-hybridized carbons (Fsp3) is 0.333. The van der Waals surface area contributed by atoms with E-state index in [1.54, 1.807) is 6.20 Å². The van der Waals surface area contributed by atoms with E-state index in [0.717, 1.165) is 16.5 Å². The van der Waals surface area contributed by atoms with Crippen molar-refractivity contribution >= 4 is 22.8 Å². The number of benzene rings is 1. The minimum absolute atomic E-state index is 0.223. The lowest BCUT2D eigenvalue weighted by Crippen LogP contribution is -2.50. The van der Waals surface area contributed by atoms with Gasteiger partial charge in [-0.05, 0) is 24.5 Å². The zero-order chi connectivity index (χ0) is 15.0. The molecule has 3 rings (SSSR count). The van der Waals surface area contributed by atoms with E-state index in [0.29, 0.717) is 12.8 Å². The van der Waals surface area contributed by atoms with Crippen molar-refractivity contribution in [1.82, 2.24) is 10.3 Å². The van der Waals surface area contributed by atoms with Crippen LogP contribution < -0.4 is 11.1 Å². The van der Waals surface area contributed by atoms with Crippen molar-refractivity contribution in [2.75, 3.05) is 0 Å². The van der Waals surface area contributed by atoms with Gasteiger partial charge in [0, 0.05) is 23.5 Å². The molecule has 0 bridgehead atoms. The number of nitrogens with one attached hydrogen (secondary N) is 2. The normalized spacial score (nSPS) is 17.4. The molecule has 1 aliphatic rings. The first kappa shape index (κ1) is 13.6. The first-order valence-electron chi connectivity index (χ1n) is 6.87. The van der Waals surface area contributed by atoms with Gasteiger partial charge in [-0.2, -0.15) is 0 Å². The maximum Gasteiger partial charge on any atom is 0.326 e. The van der Waals surface area contributed by atoms with Gasteiger partial charge >= 0.3 is 5.97 Å². The molecule has 0 aliphatic heterocycles. The van der Waals surface area contributed by atoms with Crippen LogP contribution in [0.1, 0.15) is 18.4 Å². The van der Waals surface area contributed by atoms with E-state index < -0.39 is 17.6 Å². The van der Waals surface area contributed by atoms with E-state index in [4.69, 9.17) is 5.73 Å². The molecule has 1 aromatic heterocycles. The Morgan fingerprint density at radius 2 is 2.10 bits per heavy atom. The second kappa shape index (κ2) is 4.89. The van der Waals surface area contributed by atoms with Crippen LogP contribution in [0.4, 0.5) is 0 Å². The average Bonchev–Trinajstić information content (AvgIpc) is 3.09. The monoisotopic (exact) mass is 287 g/mol. The predicted octanol–water partition coefficient (Wildman–Crippen LogP) is 0.771. The Bertz CT molecular complexity index is 703. The third kappa shape index (κ3) is 2.62. The molecule has 110 valence electrons. The Morgan fingerprint density at radius 1 is 1.38 bits per heavy atom. The quantitative estimate of drug-likeness (QED) is 0.651. The second-order valence-corrected chi connectivity index (χ2v) is 5.58. The molecule has 6 heteroatoms. The number of carboxylic acids is 1. The zero-order valence-electron chi connectivity index (χ0n) is 11.4. The summed E-state index contributed by atoms with van der Waals surface area (Å²) in [7, 11) is 0. The summed E-state index contributed by atoms with van der Waals surface area (Å²) in [5.74, 6) is -1.44. The number of hydrogen-bond acceptors (Lipinski definition) is 3. The van der Waals surface area contributed by atoms with Gasteiger partial charge in [0.25, 0.3) is 0 Å². The molecule has 0 unspecified atom stereocenters. The summed E-state index contributed by atoms with van der Waals surface area (Å²) in [6.45, 7) is 0. The van der Waals surface area contributed by atoms with Crippen LogP contribution in [0.25, 0.3) is 10.9 Å². The molecule has 1 heterocycles. The van der Waals surface area contributed by atoms with Gasteiger partial charge in [0.1, 0.15) is 6.04 Å². The van der Waals surface area contributed by atoms with Crippen molar-refractivity contribution < 1.29 is 14.7 Å². The van der Waals surface area contributed by atoms with Crippen molar-refractivity contribution in [3.63, 3.8) is 0 Å². The number of aliphatic carboxylic acids is 1. The Balaban J connectivity index is 1.79. The summed E-state index contributed by atoms with van der Waals surface area (Å²) >= 11 is 0. The van der Waals surface area contributed by atoms with Crippen LogP contribution in [0.5, 0.6) is 0 Å². The molecule has 5 N–H and O–H groups in total. The summed E-state index contributed by atoms with van der Waals surface area (Å²) < 4.78 is 0. The minimum atomic E-state index is -1.06. The van der Waals surface area contributed by atoms with E-state index in [1.165, 1.54) is 0 Å². The highest BCUT2D eigenvalue weighted by atomic mass is 16.4. The van der Waals surface area contributed by atoms with Crippen LogP contribution in [-0.2, 0) is 16.0 Å². The number of aromatic amines is 1. The molecule has 1 aliphatic carbocycles. The van der Waals surface area contributed by atoms with Crippen molar-refractivity contribution in [3.05, 3.63) is 36.0 Å². The number of hydrogen-bond donors (Lipinski definition) is 4. The summed E-state index contributed by atoms with van der Waals surface area (Å²) in [5, 5.41) is 12.8. The molecule has 0 saturated heterocycles. The maximum absolute atomic E-state index is 11.9. The summed E-state index contributed by atoms with van der Waals surface area (Å²) in [6, 6.07) is 6.68. The summed E-state index contributed by atoms with van der Waals surface area (Å²) in [4.78, 5) is 26.4. The average molecular weight is 287 g/mol. The lowest BCUT2D eigenvalue weighted by molar-refractivity contribution is -0.142. The van der Waals surface area contributed by atoms with Gasteiger partial charge in [0.15, 0.2) is 0 Å². The zero-order valence-corrected chi connectivity index (χ0v) is 11.4. The molecule has 1 fully saturated rings. The van der Waals surface area contributed by atoms with Crippen LogP contribution in [0.15, 0.2) is 30.5 Å². The number of rotatable bonds is 5. The van der Waals surface area contributed by atoms with Crippen molar-refractivity contribution in [2.45, 2.75) is 30.8 Å². The molecule has 1 aromatic carbocycles. The van der Waals surface area contributed by atoms with Gasteiger partial charge < -0.3 is 21.1 Å². The number of carbonyl (C=O) groups excluding carboxylic acids is 1. The molecule has 1 atom stereocenters. The maximum atomic E-state index is 11.9. The number of H-pyrrole nitrogens is 1. The molecule has 0 spiro atoms. The largest absolute Gasteiger partial charge is 0.480 e. The van der Waals surface area contributed by atoms with Crippen LogP contribution in [0, 0.1) is 0 Å². The summed E-state index contributed by atoms with van der Waals surface area (Å²) in [6.07, 6.45) is 3.22. The number of nitrogens with two attached hydrogens (primary N) is 1. The van der Waals surface area contributed by atoms with E-state index in [2.05, 4.69) is 10.3 Å². The van der Waals surface area contributed by atoms with Gasteiger partial charge in [-0.1, -0.05) is 18.2 Å². The van der Waals surface area contributed by atoms with Crippen LogP contribution in [0.3, 0.4) is 0 Å². The Hall–Kier alpha value is -2.34. The lowest BCUT2D eigenvalue weighted by atomic mass is 10.0. The van der Waals surface area contributed by atoms with Crippen LogP contribution >= 0.6 is 0 Å². The topological polar surface area (TPSA) is 108 Å². The first-order chi connectivity index (χ1) is 9.99. The Labute approximate surface area is 121 Å². The third-order valence-corrected chi connectivity index (χ3v) is 3.94. The SMILES string of the molecule is NC1(C(=O)N[C@@H](Cc2c[nH]c3ccccc23)C(=O)O)CC1. The highest BCUT2D eigenvalue weighted by Crippen LogP contribution is 2.32. The third-order valence-electron chi connectivity index (χ3n) is 3.94. The molecule has 21 heavy (non-hydrogen) atoms. The number of carboxylic acid groups (broad SMARTS) is 1. The van der Waals surface area contributed by atoms with Crippen LogP contribution in [-0.4, -0.2) is 33.5 Å². The minimum Gasteiger partial charge on any atom is -0.480 e. The molecule has 1 amide bonds. The predicted molar refractivity (Wildman–Crippen MR) is 77.7 cm³/mol. The van der Waals surface area contributed by atoms with E-state index in [1.807, 2.05) is 24.3 Å². The molecule has 6 nitrogen and oxygen atoms in total. The van der Waals surface area contributed by atoms with Gasteiger partial charge in [-0.3, -0.25) is 4.79 Å². The van der Waals surface area contributed by atoms with Crippen molar-refractivity contribution in [2.24, 2.45) is 5.73 Å². The standard InChI is InChI=1S/C15H17N3O3/c16-15(5-6-15)14(21)18-12(13(19)20)7-9-8-17-11-4-2-1-3-10(9)11/h1-4,8,12,17H,5-7,16H2,(H,18,21)(H,19,20)/t12-/m0/s1. The Kier molecular flexibility index (Phi) is 3.17. The van der Waals surface area contributed by atoms with E-state index in [9.17, 15) is 14.7 Å². The fourth-order valence-corrected chi connectivity index (χ4v) is 2.38. The molecular formula is C15H17N3O3. The first-order valence-corrected chi connectivity index (χ1v) is 6.87. The van der Waals surface area contributed by atoms with Crippen molar-refractivity contribution in [1.29, 1.82) is 0 Å². The molecule has 1 saturated carbocycles. The summed E-state index contributed by atoms with van der Waals surface area (Å²) in [5.41, 5.74) is 6.73. The highest BCUT2D eigenvalue weighted by molar-refractivity contribution is 5.92. The van der Waals surface area contributed by atoms with Gasteiger partial charge in [0.05, 0.1) is 5.54 Å². The highest BCUT2D eigenvalue weighted by Gasteiger charge is 2.47. The van der Waals surface area contributed by atoms with Gasteiger partial charge in [-0.15, -0.1) is 0 Å². The Morgan fingerprint density at radius 3 is 2.76 bits per heavy atom. The molecule has 2 aromatic rings. The number of amides is 1. The lowest BCUT2D eigenvalue weighted by Gasteiger charge is -2.17. The van der Waals surface area contributed by atoms with Crippen molar-refractivity contribution in [3.8, 4) is 0 Å². The van der Waals surface area contributed by atoms with Gasteiger partial charge in [0.2, 0.25) is 5.91 Å². The van der Waals surface area contributed by atoms with E-state index >= 15 is 0 Å². The smallest absolute Gasteiger partial charge is 0.326 e. The fourth-order valence-electron chi connectivity index (χ4n) is 2.38. The number of carbonyl (C=O) groups is 2. The number of para-hydroxylation sites is 1. The van der Waals surface area contributed by atoms with Gasteiger partial charge in [-0.25, -0.2) is 4.79 Å². The van der Waals surface area contributed by atoms with E-state index in [-0.39, 0.29) is 12.3 Å². The number of aromatic nitrogens is 1. The molecular weight excluding hydrogens is 270 g/mol.